The standard InChI is InChI=1S/C13H16N4O2S/c1-2-9-8-11(17-16-9)15-12(18)5-6-14-13(19)10-4-3-7-20-10/h3-4,7-8H,2,5-6H2,1H3,(H,14,19)(H2,15,16,17,18). The molecule has 0 aromatic carbocycles. The van der Waals surface area contributed by atoms with Crippen molar-refractivity contribution < 1.29 is 9.59 Å². The van der Waals surface area contributed by atoms with Gasteiger partial charge in [-0.1, -0.05) is 13.0 Å². The zero-order valence-electron chi connectivity index (χ0n) is 11.1. The van der Waals surface area contributed by atoms with E-state index in [2.05, 4.69) is 20.8 Å². The monoisotopic (exact) mass is 292 g/mol. The van der Waals surface area contributed by atoms with Crippen LogP contribution in [0.2, 0.25) is 0 Å². The van der Waals surface area contributed by atoms with Crippen LogP contribution < -0.4 is 10.6 Å². The number of amides is 2. The number of H-pyrrole nitrogens is 1. The molecule has 3 N–H and O–H groups in total. The van der Waals surface area contributed by atoms with Gasteiger partial charge >= 0.3 is 0 Å². The maximum absolute atomic E-state index is 11.7. The summed E-state index contributed by atoms with van der Waals surface area (Å²) in [6.45, 7) is 2.30. The molecule has 0 bridgehead atoms. The molecule has 0 aliphatic carbocycles. The Morgan fingerprint density at radius 3 is 2.95 bits per heavy atom. The predicted octanol–water partition coefficient (Wildman–Crippen LogP) is 1.79. The van der Waals surface area contributed by atoms with Crippen molar-refractivity contribution in [2.24, 2.45) is 0 Å². The fraction of sp³-hybridized carbons (Fsp3) is 0.308. The van der Waals surface area contributed by atoms with Crippen LogP contribution in [0.1, 0.15) is 28.7 Å². The zero-order chi connectivity index (χ0) is 14.4. The lowest BCUT2D eigenvalue weighted by Crippen LogP contribution is -2.27. The number of carbonyl (C=O) groups is 2. The van der Waals surface area contributed by atoms with Crippen LogP contribution in [0.5, 0.6) is 0 Å². The molecule has 0 atom stereocenters. The Kier molecular flexibility index (Phi) is 4.89. The van der Waals surface area contributed by atoms with E-state index in [9.17, 15) is 9.59 Å². The SMILES string of the molecule is CCc1cc(NC(=O)CCNC(=O)c2cccs2)n[nH]1. The van der Waals surface area contributed by atoms with E-state index in [1.807, 2.05) is 18.4 Å². The van der Waals surface area contributed by atoms with Crippen LogP contribution in [0.4, 0.5) is 5.82 Å². The van der Waals surface area contributed by atoms with Crippen LogP contribution in [-0.2, 0) is 11.2 Å². The van der Waals surface area contributed by atoms with Gasteiger partial charge in [-0.25, -0.2) is 0 Å². The molecular formula is C13H16N4O2S. The molecule has 2 aromatic heterocycles. The molecular weight excluding hydrogens is 276 g/mol. The molecule has 0 unspecified atom stereocenters. The van der Waals surface area contributed by atoms with E-state index in [0.29, 0.717) is 17.2 Å². The highest BCUT2D eigenvalue weighted by molar-refractivity contribution is 7.12. The Labute approximate surface area is 120 Å². The number of aromatic amines is 1. The second kappa shape index (κ2) is 6.85. The van der Waals surface area contributed by atoms with Crippen LogP contribution in [0.3, 0.4) is 0 Å². The van der Waals surface area contributed by atoms with E-state index in [4.69, 9.17) is 0 Å². The highest BCUT2D eigenvalue weighted by Crippen LogP contribution is 2.08. The van der Waals surface area contributed by atoms with Crippen molar-refractivity contribution in [2.45, 2.75) is 19.8 Å². The third kappa shape index (κ3) is 3.92. The lowest BCUT2D eigenvalue weighted by molar-refractivity contribution is -0.116. The number of thiophene rings is 1. The van der Waals surface area contributed by atoms with Crippen molar-refractivity contribution in [3.63, 3.8) is 0 Å². The number of rotatable bonds is 6. The van der Waals surface area contributed by atoms with Gasteiger partial charge in [0.05, 0.1) is 4.88 Å². The average molecular weight is 292 g/mol. The molecule has 2 aromatic rings. The van der Waals surface area contributed by atoms with Crippen LogP contribution in [0.15, 0.2) is 23.6 Å². The fourth-order valence-electron chi connectivity index (χ4n) is 1.60. The third-order valence-electron chi connectivity index (χ3n) is 2.66. The molecule has 7 heteroatoms. The molecule has 0 aliphatic heterocycles. The summed E-state index contributed by atoms with van der Waals surface area (Å²) in [5.41, 5.74) is 0.964. The Bertz CT molecular complexity index is 577. The number of nitrogens with one attached hydrogen (secondary N) is 3. The van der Waals surface area contributed by atoms with Gasteiger partial charge in [0.1, 0.15) is 0 Å². The van der Waals surface area contributed by atoms with Crippen molar-refractivity contribution in [1.82, 2.24) is 15.5 Å². The summed E-state index contributed by atoms with van der Waals surface area (Å²) in [4.78, 5) is 23.9. The van der Waals surface area contributed by atoms with Crippen molar-refractivity contribution in [1.29, 1.82) is 0 Å². The van der Waals surface area contributed by atoms with Gasteiger partial charge in [-0.3, -0.25) is 14.7 Å². The molecule has 0 fully saturated rings. The van der Waals surface area contributed by atoms with Gasteiger partial charge in [-0.2, -0.15) is 5.10 Å². The third-order valence-corrected chi connectivity index (χ3v) is 3.53. The number of aryl methyl sites for hydroxylation is 1. The van der Waals surface area contributed by atoms with Crippen molar-refractivity contribution in [3.05, 3.63) is 34.2 Å². The van der Waals surface area contributed by atoms with Gasteiger partial charge in [0, 0.05) is 24.7 Å². The molecule has 0 radical (unpaired) electrons. The van der Waals surface area contributed by atoms with E-state index in [-0.39, 0.29) is 18.2 Å². The van der Waals surface area contributed by atoms with Gasteiger partial charge in [0.15, 0.2) is 5.82 Å². The molecule has 6 nitrogen and oxygen atoms in total. The smallest absolute Gasteiger partial charge is 0.261 e. The van der Waals surface area contributed by atoms with E-state index in [1.165, 1.54) is 11.3 Å². The summed E-state index contributed by atoms with van der Waals surface area (Å²) in [5, 5.41) is 14.0. The molecule has 106 valence electrons. The van der Waals surface area contributed by atoms with Crippen molar-refractivity contribution >= 4 is 29.0 Å². The highest BCUT2D eigenvalue weighted by Gasteiger charge is 2.08. The average Bonchev–Trinajstić information content (AvgIpc) is 3.09. The first-order chi connectivity index (χ1) is 9.69. The summed E-state index contributed by atoms with van der Waals surface area (Å²) in [7, 11) is 0. The van der Waals surface area contributed by atoms with E-state index >= 15 is 0 Å². The van der Waals surface area contributed by atoms with E-state index < -0.39 is 0 Å². The summed E-state index contributed by atoms with van der Waals surface area (Å²) in [6.07, 6.45) is 1.05. The summed E-state index contributed by atoms with van der Waals surface area (Å²) in [5.74, 6) is 0.183. The van der Waals surface area contributed by atoms with Crippen LogP contribution in [0.25, 0.3) is 0 Å². The van der Waals surface area contributed by atoms with Gasteiger partial charge in [-0.05, 0) is 17.9 Å². The fourth-order valence-corrected chi connectivity index (χ4v) is 2.24. The number of anilines is 1. The first-order valence-electron chi connectivity index (χ1n) is 6.35. The number of nitrogens with zero attached hydrogens (tertiary/aromatic N) is 1. The first-order valence-corrected chi connectivity index (χ1v) is 7.23. The second-order valence-corrected chi connectivity index (χ2v) is 5.11. The Morgan fingerprint density at radius 1 is 1.45 bits per heavy atom. The lowest BCUT2D eigenvalue weighted by atomic mass is 10.3. The maximum atomic E-state index is 11.7. The maximum Gasteiger partial charge on any atom is 0.261 e. The van der Waals surface area contributed by atoms with Gasteiger partial charge in [-0.15, -0.1) is 11.3 Å². The highest BCUT2D eigenvalue weighted by atomic mass is 32.1. The Balaban J connectivity index is 1.71. The Morgan fingerprint density at radius 2 is 2.30 bits per heavy atom. The molecule has 20 heavy (non-hydrogen) atoms. The topological polar surface area (TPSA) is 86.9 Å². The van der Waals surface area contributed by atoms with Crippen molar-refractivity contribution in [2.75, 3.05) is 11.9 Å². The van der Waals surface area contributed by atoms with Crippen LogP contribution in [0, 0.1) is 0 Å². The minimum Gasteiger partial charge on any atom is -0.351 e. The Hall–Kier alpha value is -2.15. The number of aromatic nitrogens is 2. The summed E-state index contributed by atoms with van der Waals surface area (Å²) < 4.78 is 0. The first kappa shape index (κ1) is 14.3. The number of carbonyl (C=O) groups excluding carboxylic acids is 2. The number of hydrogen-bond donors (Lipinski definition) is 3. The minimum atomic E-state index is -0.175. The lowest BCUT2D eigenvalue weighted by Gasteiger charge is -2.03. The normalized spacial score (nSPS) is 10.2. The molecule has 0 saturated carbocycles. The molecule has 0 aliphatic rings. The van der Waals surface area contributed by atoms with E-state index in [0.717, 1.165) is 12.1 Å². The summed E-state index contributed by atoms with van der Waals surface area (Å²) in [6, 6.07) is 5.35. The zero-order valence-corrected chi connectivity index (χ0v) is 11.9. The van der Waals surface area contributed by atoms with Gasteiger partial charge in [0.2, 0.25) is 5.91 Å². The van der Waals surface area contributed by atoms with Crippen molar-refractivity contribution in [3.8, 4) is 0 Å². The molecule has 0 spiro atoms. The van der Waals surface area contributed by atoms with Gasteiger partial charge < -0.3 is 10.6 Å². The predicted molar refractivity (Wildman–Crippen MR) is 77.9 cm³/mol. The molecule has 2 rings (SSSR count). The molecule has 2 heterocycles. The minimum absolute atomic E-state index is 0.152. The molecule has 0 saturated heterocycles. The largest absolute Gasteiger partial charge is 0.351 e. The quantitative estimate of drug-likeness (QED) is 0.758. The number of hydrogen-bond acceptors (Lipinski definition) is 4. The van der Waals surface area contributed by atoms with Crippen LogP contribution in [-0.4, -0.2) is 28.6 Å². The molecule has 2 amide bonds. The van der Waals surface area contributed by atoms with Crippen LogP contribution >= 0.6 is 11.3 Å². The van der Waals surface area contributed by atoms with E-state index in [1.54, 1.807) is 12.1 Å². The second-order valence-electron chi connectivity index (χ2n) is 4.16. The summed E-state index contributed by atoms with van der Waals surface area (Å²) >= 11 is 1.37. The van der Waals surface area contributed by atoms with Gasteiger partial charge in [0.25, 0.3) is 5.91 Å².